The van der Waals surface area contributed by atoms with Crippen LogP contribution in [-0.2, 0) is 4.79 Å². The first kappa shape index (κ1) is 8.39. The van der Waals surface area contributed by atoms with Gasteiger partial charge in [-0.3, -0.25) is 4.79 Å². The van der Waals surface area contributed by atoms with Gasteiger partial charge in [0.1, 0.15) is 12.2 Å². The molecule has 1 aliphatic carbocycles. The van der Waals surface area contributed by atoms with Crippen LogP contribution in [0.3, 0.4) is 0 Å². The Labute approximate surface area is 63.8 Å². The number of aliphatic hydroxyl groups excluding tert-OH is 3. The van der Waals surface area contributed by atoms with Gasteiger partial charge in [-0.05, 0) is 18.1 Å². The standard InChI is InChI=1S/C7H10O4/c1-3-4(2-8)6(10)7(11)5(3)9/h5-6,8-10H,2H2,1H3. The molecule has 0 fully saturated rings. The van der Waals surface area contributed by atoms with Crippen molar-refractivity contribution in [2.24, 2.45) is 0 Å². The minimum Gasteiger partial charge on any atom is -0.392 e. The summed E-state index contributed by atoms with van der Waals surface area (Å²) in [5, 5.41) is 26.8. The predicted molar refractivity (Wildman–Crippen MR) is 36.8 cm³/mol. The van der Waals surface area contributed by atoms with Gasteiger partial charge < -0.3 is 15.3 Å². The maximum absolute atomic E-state index is 10.8. The van der Waals surface area contributed by atoms with E-state index in [9.17, 15) is 4.79 Å². The summed E-state index contributed by atoms with van der Waals surface area (Å²) in [6, 6.07) is 0. The summed E-state index contributed by atoms with van der Waals surface area (Å²) in [4.78, 5) is 10.8. The third kappa shape index (κ3) is 1.09. The second-order valence-corrected chi connectivity index (χ2v) is 2.57. The molecule has 0 aromatic rings. The number of hydrogen-bond acceptors (Lipinski definition) is 4. The van der Waals surface area contributed by atoms with Crippen LogP contribution in [0.15, 0.2) is 11.1 Å². The van der Waals surface area contributed by atoms with Crippen molar-refractivity contribution in [3.8, 4) is 0 Å². The molecular formula is C7H10O4. The molecule has 2 unspecified atom stereocenters. The van der Waals surface area contributed by atoms with Gasteiger partial charge in [0.05, 0.1) is 6.61 Å². The highest BCUT2D eigenvalue weighted by Gasteiger charge is 2.36. The summed E-state index contributed by atoms with van der Waals surface area (Å²) >= 11 is 0. The monoisotopic (exact) mass is 158 g/mol. The number of rotatable bonds is 1. The van der Waals surface area contributed by atoms with Gasteiger partial charge in [-0.25, -0.2) is 0 Å². The van der Waals surface area contributed by atoms with Crippen LogP contribution in [0.4, 0.5) is 0 Å². The van der Waals surface area contributed by atoms with Crippen LogP contribution in [-0.4, -0.2) is 39.9 Å². The molecule has 1 aliphatic rings. The molecule has 0 bridgehead atoms. The number of carbonyl (C=O) groups is 1. The van der Waals surface area contributed by atoms with Crippen molar-refractivity contribution < 1.29 is 20.1 Å². The van der Waals surface area contributed by atoms with E-state index in [2.05, 4.69) is 0 Å². The Morgan fingerprint density at radius 3 is 2.09 bits per heavy atom. The fourth-order valence-corrected chi connectivity index (χ4v) is 1.14. The third-order valence-corrected chi connectivity index (χ3v) is 1.96. The van der Waals surface area contributed by atoms with Gasteiger partial charge in [0, 0.05) is 0 Å². The van der Waals surface area contributed by atoms with Gasteiger partial charge in [0.25, 0.3) is 0 Å². The van der Waals surface area contributed by atoms with E-state index >= 15 is 0 Å². The van der Waals surface area contributed by atoms with Gasteiger partial charge in [-0.1, -0.05) is 0 Å². The molecule has 11 heavy (non-hydrogen) atoms. The lowest BCUT2D eigenvalue weighted by Gasteiger charge is -2.01. The van der Waals surface area contributed by atoms with Crippen LogP contribution in [0.5, 0.6) is 0 Å². The van der Waals surface area contributed by atoms with Crippen molar-refractivity contribution in [3.05, 3.63) is 11.1 Å². The van der Waals surface area contributed by atoms with E-state index in [0.29, 0.717) is 5.57 Å². The first-order valence-electron chi connectivity index (χ1n) is 3.30. The van der Waals surface area contributed by atoms with E-state index in [4.69, 9.17) is 15.3 Å². The maximum atomic E-state index is 10.8. The molecular weight excluding hydrogens is 148 g/mol. The minimum absolute atomic E-state index is 0.225. The highest BCUT2D eigenvalue weighted by molar-refractivity contribution is 5.95. The molecule has 0 heterocycles. The summed E-state index contributed by atoms with van der Waals surface area (Å²) in [5.41, 5.74) is 0.590. The van der Waals surface area contributed by atoms with E-state index in [1.165, 1.54) is 6.92 Å². The highest BCUT2D eigenvalue weighted by Crippen LogP contribution is 2.22. The number of hydrogen-bond donors (Lipinski definition) is 3. The average molecular weight is 158 g/mol. The Hall–Kier alpha value is -0.710. The Morgan fingerprint density at radius 1 is 1.36 bits per heavy atom. The Bertz CT molecular complexity index is 218. The second-order valence-electron chi connectivity index (χ2n) is 2.57. The average Bonchev–Trinajstić information content (AvgIpc) is 2.17. The van der Waals surface area contributed by atoms with E-state index in [1.807, 2.05) is 0 Å². The number of ketones is 1. The molecule has 1 rings (SSSR count). The van der Waals surface area contributed by atoms with Gasteiger partial charge in [-0.15, -0.1) is 0 Å². The van der Waals surface area contributed by atoms with E-state index in [1.54, 1.807) is 0 Å². The summed E-state index contributed by atoms with van der Waals surface area (Å²) in [5.74, 6) is -0.647. The topological polar surface area (TPSA) is 77.8 Å². The lowest BCUT2D eigenvalue weighted by Crippen LogP contribution is -2.25. The van der Waals surface area contributed by atoms with Crippen LogP contribution in [0.25, 0.3) is 0 Å². The van der Waals surface area contributed by atoms with Crippen molar-refractivity contribution >= 4 is 5.78 Å². The molecule has 3 N–H and O–H groups in total. The Balaban J connectivity index is 2.98. The Morgan fingerprint density at radius 2 is 1.91 bits per heavy atom. The molecule has 0 aromatic heterocycles. The molecule has 0 spiro atoms. The maximum Gasteiger partial charge on any atom is 0.198 e. The molecule has 0 aliphatic heterocycles. The largest absolute Gasteiger partial charge is 0.392 e. The lowest BCUT2D eigenvalue weighted by atomic mass is 10.1. The van der Waals surface area contributed by atoms with Crippen molar-refractivity contribution in [1.82, 2.24) is 0 Å². The van der Waals surface area contributed by atoms with Crippen molar-refractivity contribution in [2.75, 3.05) is 6.61 Å². The molecule has 0 saturated carbocycles. The SMILES string of the molecule is CC1=C(CO)C(O)C(=O)C1O. The first-order chi connectivity index (χ1) is 5.09. The fraction of sp³-hybridized carbons (Fsp3) is 0.571. The molecule has 0 aromatic carbocycles. The lowest BCUT2D eigenvalue weighted by molar-refractivity contribution is -0.130. The van der Waals surface area contributed by atoms with Crippen molar-refractivity contribution in [1.29, 1.82) is 0 Å². The predicted octanol–water partition coefficient (Wildman–Crippen LogP) is -1.40. The third-order valence-electron chi connectivity index (χ3n) is 1.96. The van der Waals surface area contributed by atoms with Crippen LogP contribution < -0.4 is 0 Å². The molecule has 4 heteroatoms. The number of aliphatic hydroxyl groups is 3. The number of carbonyl (C=O) groups excluding carboxylic acids is 1. The van der Waals surface area contributed by atoms with Gasteiger partial charge in [0.15, 0.2) is 5.78 Å². The van der Waals surface area contributed by atoms with E-state index in [0.717, 1.165) is 0 Å². The van der Waals surface area contributed by atoms with Gasteiger partial charge in [-0.2, -0.15) is 0 Å². The van der Waals surface area contributed by atoms with Crippen molar-refractivity contribution in [3.63, 3.8) is 0 Å². The minimum atomic E-state index is -1.31. The van der Waals surface area contributed by atoms with Gasteiger partial charge in [0.2, 0.25) is 0 Å². The summed E-state index contributed by atoms with van der Waals surface area (Å²) in [6.45, 7) is 1.14. The zero-order valence-corrected chi connectivity index (χ0v) is 6.11. The summed E-state index contributed by atoms with van der Waals surface area (Å²) in [6.07, 6.45) is -2.54. The van der Waals surface area contributed by atoms with Crippen LogP contribution in [0, 0.1) is 0 Å². The Kier molecular flexibility index (Phi) is 2.08. The molecule has 0 radical (unpaired) electrons. The van der Waals surface area contributed by atoms with Crippen LogP contribution in [0.2, 0.25) is 0 Å². The molecule has 0 amide bonds. The molecule has 0 saturated heterocycles. The highest BCUT2D eigenvalue weighted by atomic mass is 16.3. The molecule has 2 atom stereocenters. The second kappa shape index (κ2) is 2.73. The van der Waals surface area contributed by atoms with E-state index in [-0.39, 0.29) is 12.2 Å². The molecule has 62 valence electrons. The zero-order chi connectivity index (χ0) is 8.59. The number of Topliss-reactive ketones (excluding diaryl/α,β-unsaturated/α-hetero) is 1. The van der Waals surface area contributed by atoms with Crippen molar-refractivity contribution in [2.45, 2.75) is 19.1 Å². The smallest absolute Gasteiger partial charge is 0.198 e. The fourth-order valence-electron chi connectivity index (χ4n) is 1.14. The normalized spacial score (nSPS) is 31.8. The van der Waals surface area contributed by atoms with Gasteiger partial charge >= 0.3 is 0 Å². The zero-order valence-electron chi connectivity index (χ0n) is 6.11. The van der Waals surface area contributed by atoms with E-state index < -0.39 is 18.0 Å². The van der Waals surface area contributed by atoms with Crippen LogP contribution in [0.1, 0.15) is 6.92 Å². The summed E-state index contributed by atoms with van der Waals surface area (Å²) < 4.78 is 0. The first-order valence-corrected chi connectivity index (χ1v) is 3.30. The quantitative estimate of drug-likeness (QED) is 0.410. The molecule has 4 nitrogen and oxygen atoms in total. The van der Waals surface area contributed by atoms with Crippen LogP contribution >= 0.6 is 0 Å². The summed E-state index contributed by atoms with van der Waals surface area (Å²) in [7, 11) is 0.